The Kier molecular flexibility index (Phi) is 3.59. The number of hydrogen-bond acceptors (Lipinski definition) is 4. The van der Waals surface area contributed by atoms with Gasteiger partial charge >= 0.3 is 6.18 Å². The van der Waals surface area contributed by atoms with E-state index in [2.05, 4.69) is 0 Å². The molecular formula is C8H5ClF3NO4S. The molecule has 100 valence electrons. The normalized spacial score (nSPS) is 12.5. The van der Waals surface area contributed by atoms with Crippen LogP contribution in [0.15, 0.2) is 17.0 Å². The van der Waals surface area contributed by atoms with Gasteiger partial charge in [0, 0.05) is 16.2 Å². The van der Waals surface area contributed by atoms with E-state index in [0.717, 1.165) is 6.92 Å². The van der Waals surface area contributed by atoms with Gasteiger partial charge in [0.05, 0.1) is 9.82 Å². The molecule has 0 N–H and O–H groups in total. The van der Waals surface area contributed by atoms with Crippen molar-refractivity contribution in [3.05, 3.63) is 33.4 Å². The lowest BCUT2D eigenvalue weighted by Gasteiger charge is -2.10. The van der Waals surface area contributed by atoms with Crippen LogP contribution in [0.25, 0.3) is 0 Å². The first-order valence-corrected chi connectivity index (χ1v) is 6.57. The molecule has 1 rings (SSSR count). The van der Waals surface area contributed by atoms with Gasteiger partial charge in [-0.3, -0.25) is 10.1 Å². The highest BCUT2D eigenvalue weighted by Crippen LogP contribution is 2.40. The fraction of sp³-hybridized carbons (Fsp3) is 0.250. The summed E-state index contributed by atoms with van der Waals surface area (Å²) in [5.41, 5.74) is -3.48. The summed E-state index contributed by atoms with van der Waals surface area (Å²) in [6, 6.07) is 0.911. The van der Waals surface area contributed by atoms with Crippen molar-refractivity contribution in [1.82, 2.24) is 0 Å². The monoisotopic (exact) mass is 303 g/mol. The Bertz CT molecular complexity index is 612. The minimum absolute atomic E-state index is 0.320. The van der Waals surface area contributed by atoms with Gasteiger partial charge in [0.15, 0.2) is 0 Å². The van der Waals surface area contributed by atoms with E-state index in [9.17, 15) is 31.7 Å². The molecule has 0 aliphatic rings. The Morgan fingerprint density at radius 2 is 1.83 bits per heavy atom. The van der Waals surface area contributed by atoms with E-state index in [1.807, 2.05) is 0 Å². The molecule has 0 spiro atoms. The third-order valence-corrected chi connectivity index (χ3v) is 3.60. The van der Waals surface area contributed by atoms with E-state index in [1.165, 1.54) is 0 Å². The van der Waals surface area contributed by atoms with Gasteiger partial charge in [-0.25, -0.2) is 8.42 Å². The lowest BCUT2D eigenvalue weighted by molar-refractivity contribution is -0.388. The van der Waals surface area contributed by atoms with Gasteiger partial charge in [0.1, 0.15) is 5.56 Å². The maximum atomic E-state index is 12.5. The summed E-state index contributed by atoms with van der Waals surface area (Å²) in [6.45, 7) is 0.892. The third kappa shape index (κ3) is 2.72. The molecule has 5 nitrogen and oxygen atoms in total. The van der Waals surface area contributed by atoms with Crippen molar-refractivity contribution in [2.24, 2.45) is 0 Å². The fourth-order valence-corrected chi connectivity index (χ4v) is 2.60. The molecule has 0 amide bonds. The molecule has 0 aliphatic carbocycles. The molecular weight excluding hydrogens is 299 g/mol. The number of benzene rings is 1. The molecule has 0 radical (unpaired) electrons. The number of rotatable bonds is 2. The van der Waals surface area contributed by atoms with Crippen molar-refractivity contribution in [3.63, 3.8) is 0 Å². The zero-order valence-corrected chi connectivity index (χ0v) is 10.2. The van der Waals surface area contributed by atoms with Crippen LogP contribution in [-0.2, 0) is 15.2 Å². The molecule has 0 aliphatic heterocycles. The maximum Gasteiger partial charge on any atom is 0.423 e. The maximum absolute atomic E-state index is 12.5. The van der Waals surface area contributed by atoms with E-state index in [-0.39, 0.29) is 0 Å². The molecule has 0 fully saturated rings. The van der Waals surface area contributed by atoms with Gasteiger partial charge in [0.25, 0.3) is 14.7 Å². The molecule has 1 aromatic carbocycles. The summed E-state index contributed by atoms with van der Waals surface area (Å²) in [6.07, 6.45) is -4.96. The molecule has 0 saturated carbocycles. The summed E-state index contributed by atoms with van der Waals surface area (Å²) in [4.78, 5) is 8.63. The van der Waals surface area contributed by atoms with Crippen LogP contribution in [-0.4, -0.2) is 13.3 Å². The SMILES string of the molecule is Cc1c(S(=O)(=O)Cl)ccc(C(F)(F)F)c1[N+](=O)[O-]. The predicted molar refractivity (Wildman–Crippen MR) is 55.9 cm³/mol. The number of alkyl halides is 3. The summed E-state index contributed by atoms with van der Waals surface area (Å²) >= 11 is 0. The van der Waals surface area contributed by atoms with Gasteiger partial charge < -0.3 is 0 Å². The Balaban J connectivity index is 3.75. The van der Waals surface area contributed by atoms with Crippen molar-refractivity contribution >= 4 is 25.4 Å². The first kappa shape index (κ1) is 14.7. The number of hydrogen-bond donors (Lipinski definition) is 0. The first-order valence-electron chi connectivity index (χ1n) is 4.26. The topological polar surface area (TPSA) is 77.3 Å². The molecule has 0 heterocycles. The number of halogens is 4. The van der Waals surface area contributed by atoms with Gasteiger partial charge in [0.2, 0.25) is 0 Å². The second-order valence-electron chi connectivity index (χ2n) is 3.28. The van der Waals surface area contributed by atoms with Crippen LogP contribution in [0, 0.1) is 17.0 Å². The molecule has 0 bridgehead atoms. The smallest absolute Gasteiger partial charge is 0.258 e. The van der Waals surface area contributed by atoms with Gasteiger partial charge in [-0.1, -0.05) is 0 Å². The minimum Gasteiger partial charge on any atom is -0.258 e. The van der Waals surface area contributed by atoms with E-state index in [0.29, 0.717) is 12.1 Å². The molecule has 10 heteroatoms. The zero-order chi connectivity index (χ0) is 14.3. The fourth-order valence-electron chi connectivity index (χ4n) is 1.41. The van der Waals surface area contributed by atoms with Crippen LogP contribution in [0.4, 0.5) is 18.9 Å². The van der Waals surface area contributed by atoms with Crippen LogP contribution in [0.1, 0.15) is 11.1 Å². The van der Waals surface area contributed by atoms with Crippen LogP contribution in [0.3, 0.4) is 0 Å². The highest BCUT2D eigenvalue weighted by Gasteiger charge is 2.40. The van der Waals surface area contributed by atoms with Crippen LogP contribution >= 0.6 is 10.7 Å². The van der Waals surface area contributed by atoms with E-state index in [4.69, 9.17) is 10.7 Å². The third-order valence-electron chi connectivity index (χ3n) is 2.13. The van der Waals surface area contributed by atoms with E-state index < -0.39 is 41.9 Å². The number of nitro benzene ring substituents is 1. The van der Waals surface area contributed by atoms with E-state index in [1.54, 1.807) is 0 Å². The molecule has 18 heavy (non-hydrogen) atoms. The standard InChI is InChI=1S/C8H5ClF3NO4S/c1-4-6(18(9,16)17)3-2-5(8(10,11)12)7(4)13(14)15/h2-3H,1H3. The molecule has 0 saturated heterocycles. The van der Waals surface area contributed by atoms with Crippen molar-refractivity contribution < 1.29 is 26.5 Å². The summed E-state index contributed by atoms with van der Waals surface area (Å²) in [5, 5.41) is 10.6. The quantitative estimate of drug-likeness (QED) is 0.478. The average Bonchev–Trinajstić information content (AvgIpc) is 2.12. The highest BCUT2D eigenvalue weighted by molar-refractivity contribution is 8.13. The number of nitro groups is 1. The second kappa shape index (κ2) is 4.39. The minimum atomic E-state index is -4.96. The Labute approximate surface area is 104 Å². The highest BCUT2D eigenvalue weighted by atomic mass is 35.7. The van der Waals surface area contributed by atoms with E-state index >= 15 is 0 Å². The summed E-state index contributed by atoms with van der Waals surface area (Å²) in [7, 11) is 0.624. The molecule has 0 atom stereocenters. The summed E-state index contributed by atoms with van der Waals surface area (Å²) < 4.78 is 59.7. The Morgan fingerprint density at radius 1 is 1.33 bits per heavy atom. The lowest BCUT2D eigenvalue weighted by atomic mass is 10.1. The van der Waals surface area contributed by atoms with Gasteiger partial charge in [-0.2, -0.15) is 13.2 Å². The summed E-state index contributed by atoms with van der Waals surface area (Å²) in [5.74, 6) is 0. The molecule has 0 unspecified atom stereocenters. The van der Waals surface area contributed by atoms with Gasteiger partial charge in [-0.15, -0.1) is 0 Å². The molecule has 1 aromatic rings. The van der Waals surface area contributed by atoms with Crippen molar-refractivity contribution in [2.45, 2.75) is 18.0 Å². The van der Waals surface area contributed by atoms with Crippen molar-refractivity contribution in [1.29, 1.82) is 0 Å². The van der Waals surface area contributed by atoms with Crippen molar-refractivity contribution in [3.8, 4) is 0 Å². The Morgan fingerprint density at radius 3 is 2.17 bits per heavy atom. The Hall–Kier alpha value is -1.35. The lowest BCUT2D eigenvalue weighted by Crippen LogP contribution is -2.11. The zero-order valence-electron chi connectivity index (χ0n) is 8.66. The number of nitrogens with zero attached hydrogens (tertiary/aromatic N) is 1. The molecule has 0 aromatic heterocycles. The van der Waals surface area contributed by atoms with Gasteiger partial charge in [-0.05, 0) is 19.1 Å². The van der Waals surface area contributed by atoms with Crippen molar-refractivity contribution in [2.75, 3.05) is 0 Å². The van der Waals surface area contributed by atoms with Crippen LogP contribution < -0.4 is 0 Å². The largest absolute Gasteiger partial charge is 0.423 e. The van der Waals surface area contributed by atoms with Crippen LogP contribution in [0.5, 0.6) is 0 Å². The second-order valence-corrected chi connectivity index (χ2v) is 5.81. The van der Waals surface area contributed by atoms with Crippen LogP contribution in [0.2, 0.25) is 0 Å². The first-order chi connectivity index (χ1) is 7.96. The average molecular weight is 304 g/mol. The predicted octanol–water partition coefficient (Wildman–Crippen LogP) is 2.85.